The maximum atomic E-state index is 13.2. The van der Waals surface area contributed by atoms with E-state index in [9.17, 15) is 14.7 Å². The van der Waals surface area contributed by atoms with Gasteiger partial charge in [0.1, 0.15) is 0 Å². The number of nitrogens with one attached hydrogen (secondary N) is 2. The van der Waals surface area contributed by atoms with Crippen LogP contribution in [0.25, 0.3) is 0 Å². The van der Waals surface area contributed by atoms with Gasteiger partial charge in [-0.2, -0.15) is 0 Å². The minimum atomic E-state index is -0.587. The summed E-state index contributed by atoms with van der Waals surface area (Å²) in [5.74, 6) is -0.370. The van der Waals surface area contributed by atoms with Crippen LogP contribution in [0.1, 0.15) is 47.9 Å². The zero-order valence-corrected chi connectivity index (χ0v) is 22.2. The van der Waals surface area contributed by atoms with E-state index in [1.807, 2.05) is 12.1 Å². The highest BCUT2D eigenvalue weighted by atomic mass is 16.7. The fourth-order valence-corrected chi connectivity index (χ4v) is 5.81. The molecule has 0 radical (unpaired) electrons. The normalized spacial score (nSPS) is 22.6. The number of amides is 1. The van der Waals surface area contributed by atoms with Crippen molar-refractivity contribution < 1.29 is 38.4 Å². The molecule has 0 bridgehead atoms. The van der Waals surface area contributed by atoms with E-state index < -0.39 is 17.9 Å². The van der Waals surface area contributed by atoms with Gasteiger partial charge in [-0.05, 0) is 66.9 Å². The number of benzene rings is 2. The predicted molar refractivity (Wildman–Crippen MR) is 140 cm³/mol. The average Bonchev–Trinajstić information content (AvgIpc) is 3.56. The number of methoxy groups -OCH3 is 2. The lowest BCUT2D eigenvalue weighted by Gasteiger charge is -2.39. The summed E-state index contributed by atoms with van der Waals surface area (Å²) in [6.07, 6.45) is 2.19. The third-order valence-corrected chi connectivity index (χ3v) is 7.70. The maximum absolute atomic E-state index is 13.2. The first kappa shape index (κ1) is 26.9. The van der Waals surface area contributed by atoms with Gasteiger partial charge in [0.05, 0.1) is 32.8 Å². The lowest BCUT2D eigenvalue weighted by Crippen LogP contribution is -2.43. The van der Waals surface area contributed by atoms with Gasteiger partial charge in [-0.15, -0.1) is 0 Å². The Morgan fingerprint density at radius 2 is 1.72 bits per heavy atom. The number of fused-ring (bicyclic) bond motifs is 3. The summed E-state index contributed by atoms with van der Waals surface area (Å²) < 4.78 is 27.7. The zero-order chi connectivity index (χ0) is 27.5. The van der Waals surface area contributed by atoms with Gasteiger partial charge < -0.3 is 45.2 Å². The summed E-state index contributed by atoms with van der Waals surface area (Å²) in [4.78, 5) is 26.3. The molecule has 210 valence electrons. The Morgan fingerprint density at radius 3 is 2.38 bits per heavy atom. The van der Waals surface area contributed by atoms with Crippen molar-refractivity contribution in [2.45, 2.75) is 31.2 Å². The standard InChI is InChI=1S/C28H35N3O8/c1-35-21-9-15(10-22(36-2)27(21)33)24-16-11-19-20(39-14-38-19)12-17(16)26(18-13-37-28(34)25(18)24)31-23(32)5-8-30-7-4-3-6-29/h9-12,18,24-26,30,33H,3-8,13-14,29H2,1-2H3,(H,31,32)/t18-,24?,25-,26+/m0/s1. The quantitative estimate of drug-likeness (QED) is 0.245. The second-order valence-electron chi connectivity index (χ2n) is 9.95. The fraction of sp³-hybridized carbons (Fsp3) is 0.500. The zero-order valence-electron chi connectivity index (χ0n) is 22.2. The number of aromatic hydroxyl groups is 1. The third-order valence-electron chi connectivity index (χ3n) is 7.70. The molecule has 11 nitrogen and oxygen atoms in total. The molecule has 1 saturated heterocycles. The van der Waals surface area contributed by atoms with Crippen LogP contribution >= 0.6 is 0 Å². The van der Waals surface area contributed by atoms with Crippen LogP contribution in [0.2, 0.25) is 0 Å². The molecule has 5 rings (SSSR count). The number of phenols is 1. The maximum Gasteiger partial charge on any atom is 0.310 e. The van der Waals surface area contributed by atoms with Gasteiger partial charge in [0, 0.05) is 24.8 Å². The number of unbranched alkanes of at least 4 members (excludes halogenated alkanes) is 1. The molecule has 1 fully saturated rings. The number of carbonyl (C=O) groups excluding carboxylic acids is 2. The summed E-state index contributed by atoms with van der Waals surface area (Å²) in [6.45, 7) is 2.24. The lowest BCUT2D eigenvalue weighted by molar-refractivity contribution is -0.141. The highest BCUT2D eigenvalue weighted by molar-refractivity contribution is 5.81. The van der Waals surface area contributed by atoms with Crippen LogP contribution in [0.3, 0.4) is 0 Å². The SMILES string of the molecule is COc1cc(C2c3cc4c(cc3[C@@H](NC(=O)CCNCCCCN)[C@H]3COC(=O)[C@H]23)OCO4)cc(OC)c1O. The van der Waals surface area contributed by atoms with E-state index in [-0.39, 0.29) is 48.4 Å². The van der Waals surface area contributed by atoms with Gasteiger partial charge in [0.2, 0.25) is 18.4 Å². The van der Waals surface area contributed by atoms with Gasteiger partial charge >= 0.3 is 5.97 Å². The largest absolute Gasteiger partial charge is 0.502 e. The number of carbonyl (C=O) groups is 2. The summed E-state index contributed by atoms with van der Waals surface area (Å²) in [7, 11) is 2.91. The topological polar surface area (TPSA) is 151 Å². The Labute approximate surface area is 226 Å². The van der Waals surface area contributed by atoms with Crippen molar-refractivity contribution >= 4 is 11.9 Å². The van der Waals surface area contributed by atoms with Crippen molar-refractivity contribution in [3.8, 4) is 28.7 Å². The molecule has 2 aromatic carbocycles. The smallest absolute Gasteiger partial charge is 0.310 e. The third kappa shape index (κ3) is 5.16. The Morgan fingerprint density at radius 1 is 1.03 bits per heavy atom. The second-order valence-corrected chi connectivity index (χ2v) is 9.95. The van der Waals surface area contributed by atoms with Crippen molar-refractivity contribution in [1.82, 2.24) is 10.6 Å². The molecule has 1 aliphatic carbocycles. The number of hydrogen-bond acceptors (Lipinski definition) is 10. The van der Waals surface area contributed by atoms with Crippen molar-refractivity contribution in [2.75, 3.05) is 47.3 Å². The molecule has 4 atom stereocenters. The number of rotatable bonds is 11. The number of phenolic OH excluding ortho intramolecular Hbond substituents is 1. The Hall–Kier alpha value is -3.70. The van der Waals surface area contributed by atoms with E-state index >= 15 is 0 Å². The Bertz CT molecular complexity index is 1210. The predicted octanol–water partition coefficient (Wildman–Crippen LogP) is 1.95. The number of cyclic esters (lactones) is 1. The molecule has 0 spiro atoms. The number of ether oxygens (including phenoxy) is 5. The van der Waals surface area contributed by atoms with E-state index in [4.69, 9.17) is 29.4 Å². The molecule has 2 aliphatic heterocycles. The van der Waals surface area contributed by atoms with E-state index in [1.54, 1.807) is 12.1 Å². The molecule has 0 aromatic heterocycles. The molecule has 1 unspecified atom stereocenters. The van der Waals surface area contributed by atoms with Gasteiger partial charge in [-0.25, -0.2) is 0 Å². The lowest BCUT2D eigenvalue weighted by atomic mass is 9.65. The molecule has 2 aromatic rings. The van der Waals surface area contributed by atoms with Gasteiger partial charge in [-0.3, -0.25) is 9.59 Å². The van der Waals surface area contributed by atoms with Crippen molar-refractivity contribution in [2.24, 2.45) is 17.6 Å². The van der Waals surface area contributed by atoms with Crippen LogP contribution in [0, 0.1) is 11.8 Å². The number of esters is 1. The van der Waals surface area contributed by atoms with Gasteiger partial charge in [0.15, 0.2) is 23.0 Å². The molecule has 1 amide bonds. The van der Waals surface area contributed by atoms with E-state index in [1.165, 1.54) is 14.2 Å². The number of nitrogens with two attached hydrogens (primary N) is 1. The first-order valence-electron chi connectivity index (χ1n) is 13.2. The Kier molecular flexibility index (Phi) is 7.99. The van der Waals surface area contributed by atoms with Gasteiger partial charge in [0.25, 0.3) is 0 Å². The fourth-order valence-electron chi connectivity index (χ4n) is 5.81. The molecular weight excluding hydrogens is 506 g/mol. The summed E-state index contributed by atoms with van der Waals surface area (Å²) in [5.41, 5.74) is 7.88. The van der Waals surface area contributed by atoms with Crippen LogP contribution in [0.5, 0.6) is 28.7 Å². The van der Waals surface area contributed by atoms with Crippen LogP contribution in [0.4, 0.5) is 0 Å². The monoisotopic (exact) mass is 541 g/mol. The van der Waals surface area contributed by atoms with Crippen LogP contribution in [0.15, 0.2) is 24.3 Å². The van der Waals surface area contributed by atoms with Crippen LogP contribution in [-0.4, -0.2) is 64.2 Å². The van der Waals surface area contributed by atoms with E-state index in [2.05, 4.69) is 10.6 Å². The van der Waals surface area contributed by atoms with Crippen molar-refractivity contribution in [3.05, 3.63) is 41.0 Å². The molecule has 2 heterocycles. The summed E-state index contributed by atoms with van der Waals surface area (Å²) in [5, 5.41) is 17.0. The Balaban J connectivity index is 1.51. The second kappa shape index (κ2) is 11.6. The van der Waals surface area contributed by atoms with E-state index in [0.717, 1.165) is 30.5 Å². The minimum absolute atomic E-state index is 0.0888. The highest BCUT2D eigenvalue weighted by Crippen LogP contribution is 2.55. The first-order chi connectivity index (χ1) is 19.0. The minimum Gasteiger partial charge on any atom is -0.502 e. The summed E-state index contributed by atoms with van der Waals surface area (Å²) >= 11 is 0. The molecule has 39 heavy (non-hydrogen) atoms. The average molecular weight is 542 g/mol. The molecule has 3 aliphatic rings. The molecule has 5 N–H and O–H groups in total. The van der Waals surface area contributed by atoms with Crippen molar-refractivity contribution in [1.29, 1.82) is 0 Å². The summed E-state index contributed by atoms with van der Waals surface area (Å²) in [6, 6.07) is 6.69. The van der Waals surface area contributed by atoms with E-state index in [0.29, 0.717) is 36.6 Å². The van der Waals surface area contributed by atoms with Gasteiger partial charge in [-0.1, -0.05) is 0 Å². The number of hydrogen-bond donors (Lipinski definition) is 4. The van der Waals surface area contributed by atoms with Crippen LogP contribution < -0.4 is 35.3 Å². The first-order valence-corrected chi connectivity index (χ1v) is 13.2. The highest BCUT2D eigenvalue weighted by Gasteiger charge is 2.53. The molecular formula is C28H35N3O8. The molecule has 0 saturated carbocycles. The van der Waals surface area contributed by atoms with Crippen molar-refractivity contribution in [3.63, 3.8) is 0 Å². The molecule has 11 heteroatoms. The van der Waals surface area contributed by atoms with Crippen LogP contribution in [-0.2, 0) is 14.3 Å².